The first kappa shape index (κ1) is 13.0. The number of carboxylic acid groups (broad SMARTS) is 1. The van der Waals surface area contributed by atoms with Gasteiger partial charge in [-0.25, -0.2) is 0 Å². The number of anilines is 1. The number of carbonyl (C=O) groups excluding carboxylic acids is 1. The summed E-state index contributed by atoms with van der Waals surface area (Å²) in [6.07, 6.45) is 0. The quantitative estimate of drug-likeness (QED) is 0.690. The minimum atomic E-state index is -1.14. The Balaban J connectivity index is 2.70. The third-order valence-electron chi connectivity index (χ3n) is 1.93. The van der Waals surface area contributed by atoms with Crippen LogP contribution in [0.3, 0.4) is 0 Å². The second-order valence-corrected chi connectivity index (χ2v) is 3.43. The molecule has 0 aliphatic heterocycles. The van der Waals surface area contributed by atoms with E-state index in [0.717, 1.165) is 0 Å². The number of carbonyl (C=O) groups is 2. The number of nitrogens with two attached hydrogens (primary N) is 1. The number of carboxylic acids is 1. The van der Waals surface area contributed by atoms with Gasteiger partial charge in [-0.15, -0.1) is 0 Å². The number of aliphatic carboxylic acids is 1. The fourth-order valence-electron chi connectivity index (χ4n) is 1.14. The molecular formula is C11H14N2O4. The van der Waals surface area contributed by atoms with Crippen LogP contribution in [0.2, 0.25) is 0 Å². The standard InChI is InChI=1S/C11H14N2O4/c1-7(14)13-9-4-2-3-5-10(9)17-6-8(12)11(15)16/h2-5,8H,6,12H2,1H3,(H,13,14)(H,15,16). The van der Waals surface area contributed by atoms with E-state index in [2.05, 4.69) is 5.32 Å². The molecule has 1 aromatic carbocycles. The summed E-state index contributed by atoms with van der Waals surface area (Å²) in [6.45, 7) is 1.21. The van der Waals surface area contributed by atoms with Crippen molar-refractivity contribution in [2.75, 3.05) is 11.9 Å². The smallest absolute Gasteiger partial charge is 0.324 e. The van der Waals surface area contributed by atoms with Gasteiger partial charge in [0.25, 0.3) is 0 Å². The highest BCUT2D eigenvalue weighted by Gasteiger charge is 2.13. The zero-order chi connectivity index (χ0) is 12.8. The van der Waals surface area contributed by atoms with E-state index < -0.39 is 12.0 Å². The van der Waals surface area contributed by atoms with Crippen LogP contribution >= 0.6 is 0 Å². The van der Waals surface area contributed by atoms with Crippen LogP contribution in [0.4, 0.5) is 5.69 Å². The Bertz CT molecular complexity index is 420. The van der Waals surface area contributed by atoms with E-state index in [-0.39, 0.29) is 12.5 Å². The van der Waals surface area contributed by atoms with Gasteiger partial charge in [-0.2, -0.15) is 0 Å². The Morgan fingerprint density at radius 1 is 1.47 bits per heavy atom. The summed E-state index contributed by atoms with van der Waals surface area (Å²) < 4.78 is 5.24. The van der Waals surface area contributed by atoms with Gasteiger partial charge in [0.2, 0.25) is 5.91 Å². The monoisotopic (exact) mass is 238 g/mol. The molecule has 0 heterocycles. The average molecular weight is 238 g/mol. The van der Waals surface area contributed by atoms with Crippen LogP contribution < -0.4 is 15.8 Å². The Hall–Kier alpha value is -2.08. The Kier molecular flexibility index (Phi) is 4.47. The van der Waals surface area contributed by atoms with Gasteiger partial charge in [-0.3, -0.25) is 9.59 Å². The number of rotatable bonds is 5. The highest BCUT2D eigenvalue weighted by Crippen LogP contribution is 2.23. The zero-order valence-corrected chi connectivity index (χ0v) is 9.34. The van der Waals surface area contributed by atoms with Crippen molar-refractivity contribution in [3.05, 3.63) is 24.3 Å². The Labute approximate surface area is 98.4 Å². The van der Waals surface area contributed by atoms with Gasteiger partial charge in [0.05, 0.1) is 5.69 Å². The number of benzene rings is 1. The van der Waals surface area contributed by atoms with E-state index in [1.807, 2.05) is 0 Å². The summed E-state index contributed by atoms with van der Waals surface area (Å²) in [5, 5.41) is 11.2. The number of para-hydroxylation sites is 2. The number of hydrogen-bond donors (Lipinski definition) is 3. The van der Waals surface area contributed by atoms with Gasteiger partial charge >= 0.3 is 5.97 Å². The molecule has 1 amide bonds. The molecule has 0 radical (unpaired) electrons. The van der Waals surface area contributed by atoms with Crippen molar-refractivity contribution in [3.63, 3.8) is 0 Å². The van der Waals surface area contributed by atoms with E-state index in [1.54, 1.807) is 24.3 Å². The van der Waals surface area contributed by atoms with Crippen LogP contribution in [0.25, 0.3) is 0 Å². The summed E-state index contributed by atoms with van der Waals surface area (Å²) >= 11 is 0. The predicted molar refractivity (Wildman–Crippen MR) is 61.9 cm³/mol. The third-order valence-corrected chi connectivity index (χ3v) is 1.93. The largest absolute Gasteiger partial charge is 0.489 e. The molecule has 0 aliphatic carbocycles. The van der Waals surface area contributed by atoms with E-state index >= 15 is 0 Å². The molecule has 0 saturated carbocycles. The molecule has 0 spiro atoms. The van der Waals surface area contributed by atoms with Crippen LogP contribution in [0.1, 0.15) is 6.92 Å². The molecule has 92 valence electrons. The fourth-order valence-corrected chi connectivity index (χ4v) is 1.14. The van der Waals surface area contributed by atoms with E-state index in [0.29, 0.717) is 11.4 Å². The lowest BCUT2D eigenvalue weighted by molar-refractivity contribution is -0.139. The Morgan fingerprint density at radius 3 is 2.71 bits per heavy atom. The number of hydrogen-bond acceptors (Lipinski definition) is 4. The maximum atomic E-state index is 10.9. The zero-order valence-electron chi connectivity index (χ0n) is 9.34. The van der Waals surface area contributed by atoms with Crippen LogP contribution in [0, 0.1) is 0 Å². The topological polar surface area (TPSA) is 102 Å². The molecule has 6 nitrogen and oxygen atoms in total. The van der Waals surface area contributed by atoms with Gasteiger partial charge in [0, 0.05) is 6.92 Å². The van der Waals surface area contributed by atoms with Gasteiger partial charge in [0.15, 0.2) is 0 Å². The summed E-state index contributed by atoms with van der Waals surface area (Å²) in [6, 6.07) is 5.63. The molecule has 1 atom stereocenters. The van der Waals surface area contributed by atoms with Crippen molar-refractivity contribution >= 4 is 17.6 Å². The first-order chi connectivity index (χ1) is 8.00. The predicted octanol–water partition coefficient (Wildman–Crippen LogP) is 0.436. The van der Waals surface area contributed by atoms with Gasteiger partial charge in [-0.1, -0.05) is 12.1 Å². The van der Waals surface area contributed by atoms with E-state index in [9.17, 15) is 9.59 Å². The summed E-state index contributed by atoms with van der Waals surface area (Å²) in [5.41, 5.74) is 5.79. The number of amides is 1. The number of ether oxygens (including phenoxy) is 1. The maximum absolute atomic E-state index is 10.9. The summed E-state index contributed by atoms with van der Waals surface area (Å²) in [7, 11) is 0. The molecule has 0 aromatic heterocycles. The van der Waals surface area contributed by atoms with Crippen LogP contribution in [-0.2, 0) is 9.59 Å². The van der Waals surface area contributed by atoms with E-state index in [1.165, 1.54) is 6.92 Å². The molecule has 1 aromatic rings. The summed E-state index contributed by atoms with van der Waals surface area (Å²) in [5.74, 6) is -0.981. The molecule has 1 unspecified atom stereocenters. The lowest BCUT2D eigenvalue weighted by atomic mass is 10.3. The van der Waals surface area contributed by atoms with Crippen molar-refractivity contribution in [1.29, 1.82) is 0 Å². The van der Waals surface area contributed by atoms with Crippen molar-refractivity contribution in [2.45, 2.75) is 13.0 Å². The molecule has 1 rings (SSSR count). The molecule has 0 aliphatic rings. The maximum Gasteiger partial charge on any atom is 0.324 e. The fraction of sp³-hybridized carbons (Fsp3) is 0.273. The molecule has 4 N–H and O–H groups in total. The van der Waals surface area contributed by atoms with E-state index in [4.69, 9.17) is 15.6 Å². The molecule has 0 saturated heterocycles. The highest BCUT2D eigenvalue weighted by molar-refractivity contribution is 5.90. The first-order valence-electron chi connectivity index (χ1n) is 4.98. The number of nitrogens with one attached hydrogen (secondary N) is 1. The third kappa shape index (κ3) is 4.12. The second-order valence-electron chi connectivity index (χ2n) is 3.43. The Morgan fingerprint density at radius 2 is 2.12 bits per heavy atom. The lowest BCUT2D eigenvalue weighted by Gasteiger charge is -2.13. The van der Waals surface area contributed by atoms with Crippen molar-refractivity contribution in [1.82, 2.24) is 0 Å². The molecule has 0 fully saturated rings. The van der Waals surface area contributed by atoms with Crippen LogP contribution in [0.15, 0.2) is 24.3 Å². The summed E-state index contributed by atoms with van der Waals surface area (Å²) in [4.78, 5) is 21.4. The van der Waals surface area contributed by atoms with Crippen molar-refractivity contribution < 1.29 is 19.4 Å². The second kappa shape index (κ2) is 5.86. The van der Waals surface area contributed by atoms with Gasteiger partial charge < -0.3 is 20.9 Å². The molecule has 0 bridgehead atoms. The van der Waals surface area contributed by atoms with Crippen molar-refractivity contribution in [3.8, 4) is 5.75 Å². The van der Waals surface area contributed by atoms with Crippen LogP contribution in [-0.4, -0.2) is 29.6 Å². The SMILES string of the molecule is CC(=O)Nc1ccccc1OCC(N)C(=O)O. The van der Waals surface area contributed by atoms with Crippen LogP contribution in [0.5, 0.6) is 5.75 Å². The minimum absolute atomic E-state index is 0.161. The molecular weight excluding hydrogens is 224 g/mol. The molecule has 6 heteroatoms. The molecule has 17 heavy (non-hydrogen) atoms. The van der Waals surface area contributed by atoms with Crippen molar-refractivity contribution in [2.24, 2.45) is 5.73 Å². The highest BCUT2D eigenvalue weighted by atomic mass is 16.5. The van der Waals surface area contributed by atoms with Gasteiger partial charge in [0.1, 0.15) is 18.4 Å². The van der Waals surface area contributed by atoms with Gasteiger partial charge in [-0.05, 0) is 12.1 Å². The minimum Gasteiger partial charge on any atom is -0.489 e. The first-order valence-corrected chi connectivity index (χ1v) is 4.98. The lowest BCUT2D eigenvalue weighted by Crippen LogP contribution is -2.36. The average Bonchev–Trinajstić information content (AvgIpc) is 2.26. The normalized spacial score (nSPS) is 11.6.